The molecule has 1 aromatic heterocycles. The summed E-state index contributed by atoms with van der Waals surface area (Å²) in [5.74, 6) is 0. The fourth-order valence-corrected chi connectivity index (χ4v) is 2.51. The highest BCUT2D eigenvalue weighted by Crippen LogP contribution is 2.24. The average Bonchev–Trinajstić information content (AvgIpc) is 2.65. The molecule has 1 heterocycles. The van der Waals surface area contributed by atoms with Crippen molar-refractivity contribution in [2.45, 2.75) is 40.8 Å². The fourth-order valence-electron chi connectivity index (χ4n) is 2.30. The Labute approximate surface area is 119 Å². The number of para-hydroxylation sites is 1. The molecule has 0 amide bonds. The van der Waals surface area contributed by atoms with Crippen LogP contribution >= 0.6 is 11.6 Å². The number of anilines is 1. The molecule has 0 atom stereocenters. The fraction of sp³-hybridized carbons (Fsp3) is 0.400. The van der Waals surface area contributed by atoms with E-state index in [1.807, 2.05) is 11.6 Å². The maximum atomic E-state index is 6.32. The summed E-state index contributed by atoms with van der Waals surface area (Å²) in [6.45, 7) is 9.76. The van der Waals surface area contributed by atoms with Gasteiger partial charge in [-0.05, 0) is 38.8 Å². The van der Waals surface area contributed by atoms with Crippen LogP contribution in [0, 0.1) is 20.8 Å². The lowest BCUT2D eigenvalue weighted by Crippen LogP contribution is -2.09. The molecule has 4 heteroatoms. The van der Waals surface area contributed by atoms with Crippen molar-refractivity contribution in [1.82, 2.24) is 9.78 Å². The maximum absolute atomic E-state index is 6.32. The van der Waals surface area contributed by atoms with E-state index in [-0.39, 0.29) is 0 Å². The van der Waals surface area contributed by atoms with Gasteiger partial charge in [-0.2, -0.15) is 5.10 Å². The Bertz CT molecular complexity index is 567. The predicted molar refractivity (Wildman–Crippen MR) is 80.9 cm³/mol. The zero-order chi connectivity index (χ0) is 14.0. The van der Waals surface area contributed by atoms with Crippen LogP contribution in [0.2, 0.25) is 5.02 Å². The number of hydrogen-bond acceptors (Lipinski definition) is 2. The topological polar surface area (TPSA) is 29.9 Å². The quantitative estimate of drug-likeness (QED) is 0.912. The number of nitrogens with one attached hydrogen (secondary N) is 1. The van der Waals surface area contributed by atoms with Gasteiger partial charge in [0.15, 0.2) is 0 Å². The van der Waals surface area contributed by atoms with E-state index >= 15 is 0 Å². The summed E-state index contributed by atoms with van der Waals surface area (Å²) < 4.78 is 1.96. The summed E-state index contributed by atoms with van der Waals surface area (Å²) in [7, 11) is 0. The van der Waals surface area contributed by atoms with Crippen molar-refractivity contribution >= 4 is 17.3 Å². The lowest BCUT2D eigenvalue weighted by atomic mass is 10.1. The largest absolute Gasteiger partial charge is 0.379 e. The van der Waals surface area contributed by atoms with Crippen LogP contribution < -0.4 is 5.32 Å². The van der Waals surface area contributed by atoms with Crippen molar-refractivity contribution in [3.05, 3.63) is 45.7 Å². The Morgan fingerprint density at radius 1 is 1.21 bits per heavy atom. The van der Waals surface area contributed by atoms with Crippen molar-refractivity contribution < 1.29 is 0 Å². The van der Waals surface area contributed by atoms with E-state index in [1.165, 1.54) is 16.8 Å². The number of nitrogens with zero attached hydrogens (tertiary/aromatic N) is 2. The summed E-state index contributed by atoms with van der Waals surface area (Å²) in [6, 6.07) is 6.29. The Balaban J connectivity index is 2.24. The average molecular weight is 278 g/mol. The molecule has 1 N–H and O–H groups in total. The molecule has 102 valence electrons. The van der Waals surface area contributed by atoms with Crippen LogP contribution in [0.5, 0.6) is 0 Å². The minimum atomic E-state index is 0.694. The lowest BCUT2D eigenvalue weighted by Gasteiger charge is -2.13. The van der Waals surface area contributed by atoms with E-state index in [1.54, 1.807) is 0 Å². The molecule has 19 heavy (non-hydrogen) atoms. The van der Waals surface area contributed by atoms with Gasteiger partial charge in [-0.15, -0.1) is 0 Å². The molecule has 0 unspecified atom stereocenters. The summed E-state index contributed by atoms with van der Waals surface area (Å²) >= 11 is 6.32. The molecule has 0 fully saturated rings. The maximum Gasteiger partial charge on any atom is 0.0865 e. The smallest absolute Gasteiger partial charge is 0.0865 e. The van der Waals surface area contributed by atoms with Crippen molar-refractivity contribution in [3.8, 4) is 0 Å². The Morgan fingerprint density at radius 2 is 1.84 bits per heavy atom. The number of rotatable bonds is 4. The Kier molecular flexibility index (Phi) is 4.15. The lowest BCUT2D eigenvalue weighted by molar-refractivity contribution is 0.623. The van der Waals surface area contributed by atoms with Gasteiger partial charge in [-0.25, -0.2) is 0 Å². The molecular weight excluding hydrogens is 258 g/mol. The highest BCUT2D eigenvalue weighted by atomic mass is 35.5. The van der Waals surface area contributed by atoms with Gasteiger partial charge < -0.3 is 5.32 Å². The van der Waals surface area contributed by atoms with E-state index in [4.69, 9.17) is 11.6 Å². The molecule has 0 radical (unpaired) electrons. The van der Waals surface area contributed by atoms with Gasteiger partial charge in [0, 0.05) is 12.2 Å². The van der Waals surface area contributed by atoms with Crippen molar-refractivity contribution in [3.63, 3.8) is 0 Å². The van der Waals surface area contributed by atoms with E-state index in [0.717, 1.165) is 23.0 Å². The first-order chi connectivity index (χ1) is 9.04. The van der Waals surface area contributed by atoms with Crippen LogP contribution in [0.25, 0.3) is 0 Å². The van der Waals surface area contributed by atoms with Gasteiger partial charge >= 0.3 is 0 Å². The molecule has 0 aliphatic heterocycles. The minimum Gasteiger partial charge on any atom is -0.379 e. The first kappa shape index (κ1) is 13.9. The number of benzene rings is 1. The summed E-state index contributed by atoms with van der Waals surface area (Å²) in [5.41, 5.74) is 5.61. The van der Waals surface area contributed by atoms with Gasteiger partial charge in [-0.1, -0.05) is 29.8 Å². The van der Waals surface area contributed by atoms with E-state index in [2.05, 4.69) is 49.4 Å². The first-order valence-corrected chi connectivity index (χ1v) is 6.94. The molecule has 0 aliphatic carbocycles. The van der Waals surface area contributed by atoms with Gasteiger partial charge in [-0.3, -0.25) is 4.68 Å². The highest BCUT2D eigenvalue weighted by Gasteiger charge is 2.12. The van der Waals surface area contributed by atoms with Crippen molar-refractivity contribution in [1.29, 1.82) is 0 Å². The number of hydrogen-bond donors (Lipinski definition) is 1. The van der Waals surface area contributed by atoms with E-state index in [9.17, 15) is 0 Å². The third-order valence-electron chi connectivity index (χ3n) is 3.37. The van der Waals surface area contributed by atoms with Crippen LogP contribution in [-0.4, -0.2) is 9.78 Å². The van der Waals surface area contributed by atoms with Gasteiger partial charge in [0.2, 0.25) is 0 Å². The van der Waals surface area contributed by atoms with Crippen LogP contribution in [0.1, 0.15) is 29.4 Å². The predicted octanol–water partition coefficient (Wildman–Crippen LogP) is 4.09. The molecule has 0 saturated heterocycles. The zero-order valence-electron chi connectivity index (χ0n) is 11.9. The monoisotopic (exact) mass is 277 g/mol. The minimum absolute atomic E-state index is 0.694. The van der Waals surface area contributed by atoms with Gasteiger partial charge in [0.1, 0.15) is 0 Å². The second kappa shape index (κ2) is 5.66. The van der Waals surface area contributed by atoms with Gasteiger partial charge in [0.25, 0.3) is 0 Å². The van der Waals surface area contributed by atoms with E-state index < -0.39 is 0 Å². The third kappa shape index (κ3) is 2.76. The second-order valence-electron chi connectivity index (χ2n) is 4.78. The van der Waals surface area contributed by atoms with Crippen LogP contribution in [0.3, 0.4) is 0 Å². The summed E-state index contributed by atoms with van der Waals surface area (Å²) in [5, 5.41) is 8.68. The van der Waals surface area contributed by atoms with Crippen molar-refractivity contribution in [2.24, 2.45) is 0 Å². The first-order valence-electron chi connectivity index (χ1n) is 6.56. The Morgan fingerprint density at radius 3 is 2.42 bits per heavy atom. The summed E-state index contributed by atoms with van der Waals surface area (Å²) in [4.78, 5) is 0. The molecule has 0 bridgehead atoms. The third-order valence-corrected chi connectivity index (χ3v) is 3.86. The normalized spacial score (nSPS) is 10.8. The molecule has 1 aromatic carbocycles. The molecule has 0 aliphatic rings. The Hall–Kier alpha value is -1.48. The molecule has 0 spiro atoms. The number of aromatic nitrogens is 2. The van der Waals surface area contributed by atoms with Crippen molar-refractivity contribution in [2.75, 3.05) is 5.32 Å². The van der Waals surface area contributed by atoms with Gasteiger partial charge in [0.05, 0.1) is 23.0 Å². The molecule has 2 rings (SSSR count). The SMILES string of the molecule is CCn1nc(C)c(Cl)c1CNc1c(C)cccc1C. The molecule has 0 saturated carbocycles. The van der Waals surface area contributed by atoms with Crippen LogP contribution in [0.4, 0.5) is 5.69 Å². The van der Waals surface area contributed by atoms with Crippen LogP contribution in [-0.2, 0) is 13.1 Å². The summed E-state index contributed by atoms with van der Waals surface area (Å²) in [6.07, 6.45) is 0. The molecular formula is C15H20ClN3. The number of aryl methyl sites for hydroxylation is 4. The molecule has 3 nitrogen and oxygen atoms in total. The highest BCUT2D eigenvalue weighted by molar-refractivity contribution is 6.31. The standard InChI is InChI=1S/C15H20ClN3/c1-5-19-13(14(16)12(4)18-19)9-17-15-10(2)7-6-8-11(15)3/h6-8,17H,5,9H2,1-4H3. The zero-order valence-corrected chi connectivity index (χ0v) is 12.7. The molecule has 2 aromatic rings. The number of halogens is 1. The van der Waals surface area contributed by atoms with Crippen LogP contribution in [0.15, 0.2) is 18.2 Å². The second-order valence-corrected chi connectivity index (χ2v) is 5.16. The van der Waals surface area contributed by atoms with E-state index in [0.29, 0.717) is 6.54 Å².